The van der Waals surface area contributed by atoms with E-state index in [-0.39, 0.29) is 0 Å². The molecule has 0 radical (unpaired) electrons. The van der Waals surface area contributed by atoms with E-state index in [1.807, 2.05) is 0 Å². The minimum atomic E-state index is 0.582. The van der Waals surface area contributed by atoms with E-state index in [1.165, 1.54) is 10.2 Å². The standard InChI is InChI=1S/C6H19N3Si/c1-4-7-5-8-6(10)9(2)3/h6-8H,4-5H2,1-3,10H3. The van der Waals surface area contributed by atoms with Gasteiger partial charge in [0.2, 0.25) is 0 Å². The molecule has 0 aliphatic carbocycles. The Bertz CT molecular complexity index is 77.4. The summed E-state index contributed by atoms with van der Waals surface area (Å²) in [5, 5.41) is 6.58. The fourth-order valence-corrected chi connectivity index (χ4v) is 0.732. The van der Waals surface area contributed by atoms with Gasteiger partial charge in [0.25, 0.3) is 0 Å². The summed E-state index contributed by atoms with van der Waals surface area (Å²) in [7, 11) is 5.35. The monoisotopic (exact) mass is 161 g/mol. The smallest absolute Gasteiger partial charge is 0.0463 e. The zero-order chi connectivity index (χ0) is 7.98. The third-order valence-electron chi connectivity index (χ3n) is 1.55. The molecular weight excluding hydrogens is 142 g/mol. The molecule has 0 rings (SSSR count). The number of nitrogens with zero attached hydrogens (tertiary/aromatic N) is 1. The van der Waals surface area contributed by atoms with E-state index in [0.717, 1.165) is 13.2 Å². The van der Waals surface area contributed by atoms with Crippen LogP contribution in [-0.4, -0.2) is 48.2 Å². The van der Waals surface area contributed by atoms with Crippen LogP contribution in [0.25, 0.3) is 0 Å². The number of hydrogen-bond donors (Lipinski definition) is 2. The Morgan fingerprint density at radius 2 is 2.10 bits per heavy atom. The van der Waals surface area contributed by atoms with Crippen LogP contribution >= 0.6 is 0 Å². The maximum absolute atomic E-state index is 3.36. The number of rotatable bonds is 5. The van der Waals surface area contributed by atoms with Crippen LogP contribution in [0.1, 0.15) is 6.92 Å². The Hall–Kier alpha value is 0.0969. The lowest BCUT2D eigenvalue weighted by Crippen LogP contribution is -2.45. The summed E-state index contributed by atoms with van der Waals surface area (Å²) in [6.45, 7) is 4.07. The van der Waals surface area contributed by atoms with E-state index in [2.05, 4.69) is 36.6 Å². The summed E-state index contributed by atoms with van der Waals surface area (Å²) >= 11 is 0. The van der Waals surface area contributed by atoms with Gasteiger partial charge in [-0.15, -0.1) is 0 Å². The molecule has 3 nitrogen and oxygen atoms in total. The molecule has 0 heterocycles. The van der Waals surface area contributed by atoms with Gasteiger partial charge in [0, 0.05) is 22.7 Å². The van der Waals surface area contributed by atoms with Gasteiger partial charge in [-0.05, 0) is 20.6 Å². The molecule has 0 aliphatic heterocycles. The molecule has 0 aromatic rings. The van der Waals surface area contributed by atoms with Crippen LogP contribution in [0.3, 0.4) is 0 Å². The Labute approximate surface area is 66.6 Å². The quantitative estimate of drug-likeness (QED) is 0.287. The largest absolute Gasteiger partial charge is 0.305 e. The molecule has 0 aromatic heterocycles. The summed E-state index contributed by atoms with van der Waals surface area (Å²) < 4.78 is 0. The maximum Gasteiger partial charge on any atom is 0.0463 e. The van der Waals surface area contributed by atoms with Crippen molar-refractivity contribution in [3.8, 4) is 0 Å². The van der Waals surface area contributed by atoms with Gasteiger partial charge in [-0.25, -0.2) is 0 Å². The lowest BCUT2D eigenvalue weighted by Gasteiger charge is -2.21. The molecule has 0 bridgehead atoms. The van der Waals surface area contributed by atoms with E-state index < -0.39 is 0 Å². The lowest BCUT2D eigenvalue weighted by atomic mass is 10.7. The molecule has 62 valence electrons. The molecule has 10 heavy (non-hydrogen) atoms. The summed E-state index contributed by atoms with van der Waals surface area (Å²) in [5.74, 6) is 0.582. The molecular formula is C6H19N3Si. The molecule has 0 spiro atoms. The fourth-order valence-electron chi connectivity index (χ4n) is 0.527. The second-order valence-corrected chi connectivity index (χ2v) is 3.72. The second-order valence-electron chi connectivity index (χ2n) is 2.62. The molecule has 0 amide bonds. The van der Waals surface area contributed by atoms with Gasteiger partial charge in [-0.2, -0.15) is 0 Å². The zero-order valence-corrected chi connectivity index (χ0v) is 9.44. The fraction of sp³-hybridized carbons (Fsp3) is 1.00. The third kappa shape index (κ3) is 4.93. The van der Waals surface area contributed by atoms with Crippen LogP contribution in [-0.2, 0) is 0 Å². The van der Waals surface area contributed by atoms with Gasteiger partial charge in [-0.3, -0.25) is 10.2 Å². The van der Waals surface area contributed by atoms with Crippen molar-refractivity contribution in [1.29, 1.82) is 0 Å². The molecule has 0 saturated heterocycles. The predicted molar refractivity (Wildman–Crippen MR) is 49.1 cm³/mol. The average molecular weight is 161 g/mol. The van der Waals surface area contributed by atoms with E-state index in [1.54, 1.807) is 0 Å². The molecule has 4 heteroatoms. The Balaban J connectivity index is 3.13. The zero-order valence-electron chi connectivity index (χ0n) is 7.44. The van der Waals surface area contributed by atoms with Crippen LogP contribution < -0.4 is 10.6 Å². The molecule has 0 aromatic carbocycles. The van der Waals surface area contributed by atoms with Crippen molar-refractivity contribution in [3.05, 3.63) is 0 Å². The highest BCUT2D eigenvalue weighted by atomic mass is 28.1. The van der Waals surface area contributed by atoms with E-state index in [0.29, 0.717) is 5.79 Å². The first kappa shape index (κ1) is 10.1. The van der Waals surface area contributed by atoms with E-state index >= 15 is 0 Å². The second kappa shape index (κ2) is 5.85. The van der Waals surface area contributed by atoms with Crippen LogP contribution in [0, 0.1) is 0 Å². The number of hydrogen-bond acceptors (Lipinski definition) is 3. The van der Waals surface area contributed by atoms with Crippen molar-refractivity contribution >= 4 is 10.2 Å². The first-order valence-electron chi connectivity index (χ1n) is 3.79. The molecule has 1 atom stereocenters. The van der Waals surface area contributed by atoms with Gasteiger partial charge in [0.05, 0.1) is 0 Å². The number of nitrogens with one attached hydrogen (secondary N) is 2. The molecule has 1 unspecified atom stereocenters. The highest BCUT2D eigenvalue weighted by molar-refractivity contribution is 6.11. The molecule has 2 N–H and O–H groups in total. The van der Waals surface area contributed by atoms with Crippen molar-refractivity contribution in [1.82, 2.24) is 15.5 Å². The van der Waals surface area contributed by atoms with E-state index in [9.17, 15) is 0 Å². The average Bonchev–Trinajstić information content (AvgIpc) is 1.88. The van der Waals surface area contributed by atoms with Gasteiger partial charge >= 0.3 is 0 Å². The Morgan fingerprint density at radius 3 is 2.50 bits per heavy atom. The van der Waals surface area contributed by atoms with Crippen molar-refractivity contribution in [2.45, 2.75) is 12.7 Å². The van der Waals surface area contributed by atoms with Crippen LogP contribution in [0.4, 0.5) is 0 Å². The summed E-state index contributed by atoms with van der Waals surface area (Å²) in [5.41, 5.74) is 0. The minimum Gasteiger partial charge on any atom is -0.305 e. The first-order chi connectivity index (χ1) is 4.68. The van der Waals surface area contributed by atoms with Crippen LogP contribution in [0.5, 0.6) is 0 Å². The van der Waals surface area contributed by atoms with Gasteiger partial charge < -0.3 is 5.32 Å². The highest BCUT2D eigenvalue weighted by Crippen LogP contribution is 1.77. The summed E-state index contributed by atoms with van der Waals surface area (Å²) in [6, 6.07) is 0. The van der Waals surface area contributed by atoms with Gasteiger partial charge in [-0.1, -0.05) is 6.92 Å². The van der Waals surface area contributed by atoms with Crippen molar-refractivity contribution in [2.75, 3.05) is 27.3 Å². The van der Waals surface area contributed by atoms with E-state index in [4.69, 9.17) is 0 Å². The maximum atomic E-state index is 3.36. The minimum absolute atomic E-state index is 0.582. The van der Waals surface area contributed by atoms with Gasteiger partial charge in [0.1, 0.15) is 0 Å². The van der Waals surface area contributed by atoms with Crippen molar-refractivity contribution in [3.63, 3.8) is 0 Å². The Kier molecular flexibility index (Phi) is 5.91. The SMILES string of the molecule is CCNCNC([SiH3])N(C)C. The summed E-state index contributed by atoms with van der Waals surface area (Å²) in [4.78, 5) is 2.20. The van der Waals surface area contributed by atoms with Crippen molar-refractivity contribution in [2.24, 2.45) is 0 Å². The van der Waals surface area contributed by atoms with Crippen LogP contribution in [0.2, 0.25) is 0 Å². The highest BCUT2D eigenvalue weighted by Gasteiger charge is 1.99. The first-order valence-corrected chi connectivity index (χ1v) is 4.94. The predicted octanol–water partition coefficient (Wildman–Crippen LogP) is -1.65. The molecule has 0 aliphatic rings. The third-order valence-corrected chi connectivity index (χ3v) is 2.99. The summed E-state index contributed by atoms with van der Waals surface area (Å²) in [6.07, 6.45) is 0. The molecule has 0 saturated carbocycles. The van der Waals surface area contributed by atoms with Gasteiger partial charge in [0.15, 0.2) is 0 Å². The normalized spacial score (nSPS) is 14.4. The molecule has 0 fully saturated rings. The van der Waals surface area contributed by atoms with Crippen LogP contribution in [0.15, 0.2) is 0 Å². The Morgan fingerprint density at radius 1 is 1.50 bits per heavy atom. The lowest BCUT2D eigenvalue weighted by molar-refractivity contribution is 0.321. The van der Waals surface area contributed by atoms with Crippen molar-refractivity contribution < 1.29 is 0 Å². The topological polar surface area (TPSA) is 27.3 Å².